The van der Waals surface area contributed by atoms with Crippen molar-refractivity contribution in [2.45, 2.75) is 71.6 Å². The third-order valence-electron chi connectivity index (χ3n) is 4.69. The third-order valence-corrected chi connectivity index (χ3v) is 4.69. The molecule has 2 rings (SSSR count). The predicted molar refractivity (Wildman–Crippen MR) is 106 cm³/mol. The molecule has 0 aliphatic carbocycles. The van der Waals surface area contributed by atoms with Crippen LogP contribution in [0, 0.1) is 0 Å². The van der Waals surface area contributed by atoms with Gasteiger partial charge >= 0.3 is 0 Å². The summed E-state index contributed by atoms with van der Waals surface area (Å²) in [7, 11) is 0. The number of aromatic hydroxyl groups is 2. The van der Waals surface area contributed by atoms with Gasteiger partial charge in [0.15, 0.2) is 0 Å². The van der Waals surface area contributed by atoms with E-state index in [1.54, 1.807) is 6.07 Å². The standard InChI is InChI=1S/C23H32O2/c1-22(2,3)18-14-16(15-19(21(18)25)23(4,5)6)10-9-12-17-11-7-8-13-20(17)24/h7-8,11,13-15,24-25H,9-10,12H2,1-6H3. The molecule has 2 heteroatoms. The van der Waals surface area contributed by atoms with Crippen molar-refractivity contribution < 1.29 is 10.2 Å². The lowest BCUT2D eigenvalue weighted by atomic mass is 9.78. The lowest BCUT2D eigenvalue weighted by molar-refractivity contribution is 0.422. The van der Waals surface area contributed by atoms with Gasteiger partial charge in [0.05, 0.1) is 0 Å². The van der Waals surface area contributed by atoms with Crippen molar-refractivity contribution in [1.29, 1.82) is 0 Å². The molecule has 0 aliphatic rings. The van der Waals surface area contributed by atoms with Crippen molar-refractivity contribution in [3.63, 3.8) is 0 Å². The molecule has 0 aromatic heterocycles. The molecule has 0 fully saturated rings. The molecule has 2 nitrogen and oxygen atoms in total. The quantitative estimate of drug-likeness (QED) is 0.731. The average molecular weight is 341 g/mol. The highest BCUT2D eigenvalue weighted by Gasteiger charge is 2.26. The van der Waals surface area contributed by atoms with Crippen LogP contribution in [0.5, 0.6) is 11.5 Å². The molecule has 0 saturated carbocycles. The summed E-state index contributed by atoms with van der Waals surface area (Å²) < 4.78 is 0. The number of para-hydroxylation sites is 1. The maximum absolute atomic E-state index is 10.8. The molecule has 2 aromatic rings. The van der Waals surface area contributed by atoms with Gasteiger partial charge < -0.3 is 10.2 Å². The number of aryl methyl sites for hydroxylation is 2. The maximum atomic E-state index is 10.8. The molecule has 0 aliphatic heterocycles. The van der Waals surface area contributed by atoms with Crippen molar-refractivity contribution in [3.8, 4) is 11.5 Å². The number of phenols is 2. The molecule has 0 unspecified atom stereocenters. The van der Waals surface area contributed by atoms with Gasteiger partial charge in [-0.25, -0.2) is 0 Å². The molecule has 0 heterocycles. The number of benzene rings is 2. The minimum absolute atomic E-state index is 0.0994. The molecular formula is C23H32O2. The minimum atomic E-state index is -0.0994. The van der Waals surface area contributed by atoms with Crippen LogP contribution in [0.3, 0.4) is 0 Å². The molecule has 0 spiro atoms. The van der Waals surface area contributed by atoms with Crippen LogP contribution < -0.4 is 0 Å². The van der Waals surface area contributed by atoms with E-state index in [0.717, 1.165) is 36.0 Å². The van der Waals surface area contributed by atoms with Crippen molar-refractivity contribution in [2.24, 2.45) is 0 Å². The van der Waals surface area contributed by atoms with Crippen LogP contribution in [-0.4, -0.2) is 10.2 Å². The van der Waals surface area contributed by atoms with E-state index in [-0.39, 0.29) is 10.8 Å². The van der Waals surface area contributed by atoms with Gasteiger partial charge in [-0.1, -0.05) is 71.9 Å². The maximum Gasteiger partial charge on any atom is 0.123 e. The summed E-state index contributed by atoms with van der Waals surface area (Å²) in [5.41, 5.74) is 4.07. The summed E-state index contributed by atoms with van der Waals surface area (Å²) in [5, 5.41) is 20.7. The minimum Gasteiger partial charge on any atom is -0.508 e. The second kappa shape index (κ2) is 7.11. The Morgan fingerprint density at radius 2 is 1.28 bits per heavy atom. The first-order valence-electron chi connectivity index (χ1n) is 9.14. The van der Waals surface area contributed by atoms with Crippen LogP contribution in [0.25, 0.3) is 0 Å². The van der Waals surface area contributed by atoms with Gasteiger partial charge in [-0.15, -0.1) is 0 Å². The Hall–Kier alpha value is -1.96. The van der Waals surface area contributed by atoms with E-state index < -0.39 is 0 Å². The zero-order chi connectivity index (χ0) is 18.8. The van der Waals surface area contributed by atoms with E-state index in [2.05, 4.69) is 53.7 Å². The van der Waals surface area contributed by atoms with Gasteiger partial charge in [0.25, 0.3) is 0 Å². The molecule has 0 bridgehead atoms. The van der Waals surface area contributed by atoms with Crippen molar-refractivity contribution in [3.05, 3.63) is 58.7 Å². The van der Waals surface area contributed by atoms with Gasteiger partial charge in [0.1, 0.15) is 11.5 Å². The molecule has 25 heavy (non-hydrogen) atoms. The van der Waals surface area contributed by atoms with Gasteiger partial charge in [-0.3, -0.25) is 0 Å². The van der Waals surface area contributed by atoms with E-state index in [1.807, 2.05) is 18.2 Å². The zero-order valence-electron chi connectivity index (χ0n) is 16.5. The summed E-state index contributed by atoms with van der Waals surface area (Å²) in [6.45, 7) is 12.8. The highest BCUT2D eigenvalue weighted by atomic mass is 16.3. The fourth-order valence-electron chi connectivity index (χ4n) is 3.19. The van der Waals surface area contributed by atoms with Crippen LogP contribution in [-0.2, 0) is 23.7 Å². The lowest BCUT2D eigenvalue weighted by Gasteiger charge is -2.28. The molecule has 0 saturated heterocycles. The van der Waals surface area contributed by atoms with Gasteiger partial charge in [0.2, 0.25) is 0 Å². The summed E-state index contributed by atoms with van der Waals surface area (Å²) in [4.78, 5) is 0. The Bertz CT molecular complexity index is 695. The Morgan fingerprint density at radius 1 is 0.760 bits per heavy atom. The Balaban J connectivity index is 2.27. The molecule has 0 atom stereocenters. The van der Waals surface area contributed by atoms with E-state index in [0.29, 0.717) is 11.5 Å². The van der Waals surface area contributed by atoms with Crippen LogP contribution in [0.1, 0.15) is 70.2 Å². The molecule has 136 valence electrons. The SMILES string of the molecule is CC(C)(C)c1cc(CCCc2ccccc2O)cc(C(C)(C)C)c1O. The van der Waals surface area contributed by atoms with Crippen LogP contribution in [0.2, 0.25) is 0 Å². The first-order valence-corrected chi connectivity index (χ1v) is 9.14. The van der Waals surface area contributed by atoms with Crippen molar-refractivity contribution in [2.75, 3.05) is 0 Å². The Labute approximate surface area is 152 Å². The summed E-state index contributed by atoms with van der Waals surface area (Å²) in [6.07, 6.45) is 2.75. The number of hydrogen-bond acceptors (Lipinski definition) is 2. The van der Waals surface area contributed by atoms with Crippen molar-refractivity contribution in [1.82, 2.24) is 0 Å². The first-order chi connectivity index (χ1) is 11.5. The molecular weight excluding hydrogens is 308 g/mol. The Kier molecular flexibility index (Phi) is 5.51. The highest BCUT2D eigenvalue weighted by Crippen LogP contribution is 2.40. The van der Waals surface area contributed by atoms with E-state index >= 15 is 0 Å². The normalized spacial score (nSPS) is 12.4. The summed E-state index contributed by atoms with van der Waals surface area (Å²) >= 11 is 0. The van der Waals surface area contributed by atoms with E-state index in [4.69, 9.17) is 0 Å². The summed E-state index contributed by atoms with van der Waals surface area (Å²) in [5.74, 6) is 0.809. The largest absolute Gasteiger partial charge is 0.508 e. The average Bonchev–Trinajstić information content (AvgIpc) is 2.48. The van der Waals surface area contributed by atoms with Gasteiger partial charge in [-0.05, 0) is 58.4 Å². The first kappa shape index (κ1) is 19.4. The summed E-state index contributed by atoms with van der Waals surface area (Å²) in [6, 6.07) is 11.8. The van der Waals surface area contributed by atoms with E-state index in [9.17, 15) is 10.2 Å². The molecule has 0 amide bonds. The monoisotopic (exact) mass is 340 g/mol. The van der Waals surface area contributed by atoms with Crippen LogP contribution in [0.15, 0.2) is 36.4 Å². The van der Waals surface area contributed by atoms with E-state index in [1.165, 1.54) is 5.56 Å². The molecule has 2 N–H and O–H groups in total. The topological polar surface area (TPSA) is 40.5 Å². The second-order valence-electron chi connectivity index (χ2n) is 9.02. The zero-order valence-corrected chi connectivity index (χ0v) is 16.5. The third kappa shape index (κ3) is 4.78. The molecule has 0 radical (unpaired) electrons. The van der Waals surface area contributed by atoms with Crippen LogP contribution >= 0.6 is 0 Å². The number of rotatable bonds is 4. The number of phenolic OH excluding ortho intramolecular Hbond substituents is 2. The lowest BCUT2D eigenvalue weighted by Crippen LogP contribution is -2.18. The predicted octanol–water partition coefficient (Wildman–Crippen LogP) is 5.87. The van der Waals surface area contributed by atoms with Crippen LogP contribution in [0.4, 0.5) is 0 Å². The highest BCUT2D eigenvalue weighted by molar-refractivity contribution is 5.50. The van der Waals surface area contributed by atoms with Crippen molar-refractivity contribution >= 4 is 0 Å². The molecule has 2 aromatic carbocycles. The fourth-order valence-corrected chi connectivity index (χ4v) is 3.19. The van der Waals surface area contributed by atoms with Gasteiger partial charge in [-0.2, -0.15) is 0 Å². The number of hydrogen-bond donors (Lipinski definition) is 2. The smallest absolute Gasteiger partial charge is 0.123 e. The second-order valence-corrected chi connectivity index (χ2v) is 9.02. The van der Waals surface area contributed by atoms with Gasteiger partial charge in [0, 0.05) is 0 Å². The fraction of sp³-hybridized carbons (Fsp3) is 0.478. The Morgan fingerprint density at radius 3 is 1.76 bits per heavy atom.